The predicted molar refractivity (Wildman–Crippen MR) is 130 cm³/mol. The Morgan fingerprint density at radius 2 is 1.94 bits per heavy atom. The van der Waals surface area contributed by atoms with E-state index in [4.69, 9.17) is 4.42 Å². The molecule has 0 saturated carbocycles. The second kappa shape index (κ2) is 10.2. The SMILES string of the molecule is CC(C)(C)c1cnc(CSc2cnc(NC(=O)C3CCN(Cc4ccccc4)CC3)s2)o1. The van der Waals surface area contributed by atoms with Gasteiger partial charge in [-0.05, 0) is 31.5 Å². The Kier molecular flexibility index (Phi) is 7.33. The lowest BCUT2D eigenvalue weighted by Crippen LogP contribution is -2.37. The first-order valence-electron chi connectivity index (χ1n) is 11.0. The summed E-state index contributed by atoms with van der Waals surface area (Å²) < 4.78 is 6.88. The van der Waals surface area contributed by atoms with Crippen molar-refractivity contribution in [3.63, 3.8) is 0 Å². The summed E-state index contributed by atoms with van der Waals surface area (Å²) in [7, 11) is 0. The van der Waals surface area contributed by atoms with Crippen molar-refractivity contribution in [1.82, 2.24) is 14.9 Å². The van der Waals surface area contributed by atoms with Gasteiger partial charge >= 0.3 is 0 Å². The molecular weight excluding hydrogens is 440 g/mol. The molecule has 0 bridgehead atoms. The Morgan fingerprint density at radius 1 is 1.19 bits per heavy atom. The molecule has 0 unspecified atom stereocenters. The number of hydrogen-bond donors (Lipinski definition) is 1. The molecule has 0 atom stereocenters. The molecule has 3 heterocycles. The second-order valence-corrected chi connectivity index (χ2v) is 11.5. The molecule has 1 fully saturated rings. The number of likely N-dealkylation sites (tertiary alicyclic amines) is 1. The topological polar surface area (TPSA) is 71.3 Å². The molecule has 1 aliphatic rings. The summed E-state index contributed by atoms with van der Waals surface area (Å²) in [5, 5.41) is 3.68. The maximum absolute atomic E-state index is 12.7. The lowest BCUT2D eigenvalue weighted by Gasteiger charge is -2.31. The van der Waals surface area contributed by atoms with Gasteiger partial charge in [-0.1, -0.05) is 62.4 Å². The fourth-order valence-electron chi connectivity index (χ4n) is 3.64. The average molecular weight is 471 g/mol. The van der Waals surface area contributed by atoms with Crippen LogP contribution < -0.4 is 5.32 Å². The van der Waals surface area contributed by atoms with Crippen LogP contribution in [0.2, 0.25) is 0 Å². The van der Waals surface area contributed by atoms with Gasteiger partial charge in [0.2, 0.25) is 11.8 Å². The first-order chi connectivity index (χ1) is 15.4. The monoisotopic (exact) mass is 470 g/mol. The minimum Gasteiger partial charge on any atom is -0.444 e. The largest absolute Gasteiger partial charge is 0.444 e. The maximum Gasteiger partial charge on any atom is 0.229 e. The van der Waals surface area contributed by atoms with Crippen molar-refractivity contribution in [3.05, 3.63) is 59.9 Å². The summed E-state index contributed by atoms with van der Waals surface area (Å²) in [5.41, 5.74) is 1.28. The molecule has 8 heteroatoms. The number of nitrogens with one attached hydrogen (secondary N) is 1. The van der Waals surface area contributed by atoms with Crippen molar-refractivity contribution in [2.45, 2.75) is 55.5 Å². The van der Waals surface area contributed by atoms with Crippen LogP contribution in [0.5, 0.6) is 0 Å². The molecule has 3 aromatic rings. The fraction of sp³-hybridized carbons (Fsp3) is 0.458. The summed E-state index contributed by atoms with van der Waals surface area (Å²) in [4.78, 5) is 23.9. The third-order valence-corrected chi connectivity index (χ3v) is 7.64. The van der Waals surface area contributed by atoms with E-state index in [0.29, 0.717) is 16.8 Å². The highest BCUT2D eigenvalue weighted by Crippen LogP contribution is 2.32. The molecule has 6 nitrogen and oxygen atoms in total. The van der Waals surface area contributed by atoms with Gasteiger partial charge in [-0.25, -0.2) is 9.97 Å². The zero-order valence-corrected chi connectivity index (χ0v) is 20.5. The van der Waals surface area contributed by atoms with Gasteiger partial charge in [-0.2, -0.15) is 0 Å². The third-order valence-electron chi connectivity index (χ3n) is 5.55. The number of benzene rings is 1. The molecule has 1 saturated heterocycles. The fourth-order valence-corrected chi connectivity index (χ4v) is 5.37. The molecule has 1 N–H and O–H groups in total. The minimum atomic E-state index is -0.0461. The summed E-state index contributed by atoms with van der Waals surface area (Å²) in [6.07, 6.45) is 5.37. The van der Waals surface area contributed by atoms with Gasteiger partial charge in [0, 0.05) is 17.9 Å². The number of nitrogens with zero attached hydrogens (tertiary/aromatic N) is 3. The zero-order valence-electron chi connectivity index (χ0n) is 18.8. The van der Waals surface area contributed by atoms with E-state index in [1.807, 2.05) is 6.07 Å². The summed E-state index contributed by atoms with van der Waals surface area (Å²) >= 11 is 3.12. The van der Waals surface area contributed by atoms with Crippen molar-refractivity contribution < 1.29 is 9.21 Å². The number of oxazole rings is 1. The summed E-state index contributed by atoms with van der Waals surface area (Å²) in [6.45, 7) is 9.16. The van der Waals surface area contributed by atoms with E-state index in [1.54, 1.807) is 24.2 Å². The number of thiazole rings is 1. The highest BCUT2D eigenvalue weighted by molar-refractivity contribution is 8.00. The Morgan fingerprint density at radius 3 is 2.62 bits per heavy atom. The van der Waals surface area contributed by atoms with Crippen molar-refractivity contribution in [2.75, 3.05) is 18.4 Å². The standard InChI is InChI=1S/C24H30N4O2S2/c1-24(2,3)19-13-25-20(30-19)16-31-21-14-26-23(32-21)27-22(29)18-9-11-28(12-10-18)15-17-7-5-4-6-8-17/h4-8,13-14,18H,9-12,15-16H2,1-3H3,(H,26,27,29). The van der Waals surface area contributed by atoms with Gasteiger partial charge < -0.3 is 9.73 Å². The van der Waals surface area contributed by atoms with Gasteiger partial charge in [-0.3, -0.25) is 9.69 Å². The molecule has 1 aromatic carbocycles. The lowest BCUT2D eigenvalue weighted by atomic mass is 9.94. The van der Waals surface area contributed by atoms with Gasteiger partial charge in [-0.15, -0.1) is 11.8 Å². The van der Waals surface area contributed by atoms with E-state index < -0.39 is 0 Å². The predicted octanol–water partition coefficient (Wildman–Crippen LogP) is 5.57. The van der Waals surface area contributed by atoms with Crippen molar-refractivity contribution >= 4 is 34.1 Å². The quantitative estimate of drug-likeness (QED) is 0.455. The number of amides is 1. The molecule has 1 amide bonds. The average Bonchev–Trinajstić information content (AvgIpc) is 3.43. The maximum atomic E-state index is 12.7. The lowest BCUT2D eigenvalue weighted by molar-refractivity contribution is -0.121. The van der Waals surface area contributed by atoms with Crippen LogP contribution in [-0.4, -0.2) is 33.9 Å². The normalized spacial score (nSPS) is 15.7. The molecule has 0 spiro atoms. The van der Waals surface area contributed by atoms with E-state index in [-0.39, 0.29) is 17.2 Å². The molecule has 1 aliphatic heterocycles. The zero-order chi connectivity index (χ0) is 22.6. The molecule has 0 radical (unpaired) electrons. The van der Waals surface area contributed by atoms with Crippen LogP contribution in [0.25, 0.3) is 0 Å². The first kappa shape index (κ1) is 23.0. The number of rotatable bonds is 7. The van der Waals surface area contributed by atoms with Crippen LogP contribution in [0, 0.1) is 5.92 Å². The molecule has 32 heavy (non-hydrogen) atoms. The summed E-state index contributed by atoms with van der Waals surface area (Å²) in [5.74, 6) is 2.37. The van der Waals surface area contributed by atoms with E-state index in [2.05, 4.69) is 65.2 Å². The number of anilines is 1. The minimum absolute atomic E-state index is 0.0461. The third kappa shape index (κ3) is 6.21. The Balaban J connectivity index is 1.22. The first-order valence-corrected chi connectivity index (χ1v) is 12.8. The number of piperidine rings is 1. The van der Waals surface area contributed by atoms with Gasteiger partial charge in [0.1, 0.15) is 5.76 Å². The van der Waals surface area contributed by atoms with Crippen molar-refractivity contribution in [1.29, 1.82) is 0 Å². The van der Waals surface area contributed by atoms with Crippen molar-refractivity contribution in [2.24, 2.45) is 5.92 Å². The molecule has 2 aromatic heterocycles. The molecule has 170 valence electrons. The van der Waals surface area contributed by atoms with Crippen LogP contribution in [-0.2, 0) is 22.5 Å². The molecule has 4 rings (SSSR count). The van der Waals surface area contributed by atoms with Crippen LogP contribution in [0.15, 0.2) is 51.4 Å². The Bertz CT molecular complexity index is 1020. The van der Waals surface area contributed by atoms with E-state index >= 15 is 0 Å². The Hall–Kier alpha value is -2.16. The van der Waals surface area contributed by atoms with Crippen molar-refractivity contribution in [3.8, 4) is 0 Å². The summed E-state index contributed by atoms with van der Waals surface area (Å²) in [6, 6.07) is 10.5. The van der Waals surface area contributed by atoms with Gasteiger partial charge in [0.15, 0.2) is 5.13 Å². The van der Waals surface area contributed by atoms with E-state index in [1.165, 1.54) is 16.9 Å². The van der Waals surface area contributed by atoms with Crippen LogP contribution >= 0.6 is 23.1 Å². The number of hydrogen-bond acceptors (Lipinski definition) is 7. The number of carbonyl (C=O) groups is 1. The second-order valence-electron chi connectivity index (χ2n) is 9.17. The number of carbonyl (C=O) groups excluding carboxylic acids is 1. The number of aromatic nitrogens is 2. The van der Waals surface area contributed by atoms with E-state index in [0.717, 1.165) is 42.4 Å². The Labute approximate surface area is 197 Å². The van der Waals surface area contributed by atoms with Crippen LogP contribution in [0.4, 0.5) is 5.13 Å². The van der Waals surface area contributed by atoms with Gasteiger partial charge in [0.05, 0.1) is 22.4 Å². The smallest absolute Gasteiger partial charge is 0.229 e. The highest BCUT2D eigenvalue weighted by atomic mass is 32.2. The highest BCUT2D eigenvalue weighted by Gasteiger charge is 2.25. The molecular formula is C24H30N4O2S2. The van der Waals surface area contributed by atoms with Crippen LogP contribution in [0.1, 0.15) is 50.8 Å². The van der Waals surface area contributed by atoms with Crippen LogP contribution in [0.3, 0.4) is 0 Å². The van der Waals surface area contributed by atoms with E-state index in [9.17, 15) is 4.79 Å². The molecule has 0 aliphatic carbocycles. The van der Waals surface area contributed by atoms with Gasteiger partial charge in [0.25, 0.3) is 0 Å². The number of thioether (sulfide) groups is 1.